The molecule has 0 unspecified atom stereocenters. The molecule has 0 spiro atoms. The van der Waals surface area contributed by atoms with Crippen molar-refractivity contribution in [3.05, 3.63) is 152 Å². The molecule has 0 saturated heterocycles. The summed E-state index contributed by atoms with van der Waals surface area (Å²) in [6, 6.07) is 29.3. The summed E-state index contributed by atoms with van der Waals surface area (Å²) in [5, 5.41) is 9.58. The van der Waals surface area contributed by atoms with Gasteiger partial charge in [-0.05, 0) is 78.4 Å². The van der Waals surface area contributed by atoms with E-state index in [1.807, 2.05) is 91.9 Å². The van der Waals surface area contributed by atoms with Crippen LogP contribution in [0.4, 0.5) is 0 Å². The number of esters is 1. The van der Waals surface area contributed by atoms with Crippen molar-refractivity contribution in [1.29, 1.82) is 5.26 Å². The van der Waals surface area contributed by atoms with Gasteiger partial charge in [0.15, 0.2) is 4.80 Å². The van der Waals surface area contributed by atoms with E-state index in [1.54, 1.807) is 23.6 Å². The number of fused-ring (bicyclic) bond motifs is 1. The minimum atomic E-state index is -0.816. The molecule has 246 valence electrons. The molecular formula is C38H29BrIN3O5S. The van der Waals surface area contributed by atoms with Gasteiger partial charge in [-0.25, -0.2) is 9.79 Å². The topological polar surface area (TPSA) is 103 Å². The molecule has 49 heavy (non-hydrogen) atoms. The molecular weight excluding hydrogens is 817 g/mol. The van der Waals surface area contributed by atoms with E-state index < -0.39 is 12.0 Å². The quantitative estimate of drug-likeness (QED) is 0.109. The molecule has 11 heteroatoms. The fourth-order valence-electron chi connectivity index (χ4n) is 5.55. The van der Waals surface area contributed by atoms with Crippen LogP contribution in [0.15, 0.2) is 111 Å². The monoisotopic (exact) mass is 845 g/mol. The van der Waals surface area contributed by atoms with Gasteiger partial charge in [0.05, 0.1) is 50.3 Å². The zero-order valence-corrected chi connectivity index (χ0v) is 31.0. The second-order valence-electron chi connectivity index (χ2n) is 10.8. The smallest absolute Gasteiger partial charge is 0.338 e. The summed E-state index contributed by atoms with van der Waals surface area (Å²) in [5.74, 6) is 0.702. The molecule has 1 atom stereocenters. The summed E-state index contributed by atoms with van der Waals surface area (Å²) in [4.78, 5) is 33.6. The zero-order valence-electron chi connectivity index (χ0n) is 26.5. The number of ether oxygens (including phenoxy) is 3. The van der Waals surface area contributed by atoms with Crippen molar-refractivity contribution < 1.29 is 19.0 Å². The molecule has 0 saturated carbocycles. The van der Waals surface area contributed by atoms with Crippen LogP contribution in [0.2, 0.25) is 0 Å². The Morgan fingerprint density at radius 2 is 1.76 bits per heavy atom. The van der Waals surface area contributed by atoms with E-state index in [1.165, 1.54) is 11.3 Å². The number of aromatic nitrogens is 1. The van der Waals surface area contributed by atoms with Crippen LogP contribution in [0.5, 0.6) is 11.5 Å². The van der Waals surface area contributed by atoms with Crippen molar-refractivity contribution in [2.45, 2.75) is 26.5 Å². The normalized spacial score (nSPS) is 14.1. The summed E-state index contributed by atoms with van der Waals surface area (Å²) >= 11 is 7.03. The second kappa shape index (κ2) is 15.4. The number of rotatable bonds is 10. The maximum absolute atomic E-state index is 14.5. The van der Waals surface area contributed by atoms with Crippen LogP contribution in [0.25, 0.3) is 11.8 Å². The van der Waals surface area contributed by atoms with Gasteiger partial charge in [-0.2, -0.15) is 5.26 Å². The predicted molar refractivity (Wildman–Crippen MR) is 201 cm³/mol. The van der Waals surface area contributed by atoms with Crippen LogP contribution in [0.3, 0.4) is 0 Å². The van der Waals surface area contributed by atoms with Gasteiger partial charge in [-0.15, -0.1) is 0 Å². The van der Waals surface area contributed by atoms with E-state index in [9.17, 15) is 14.9 Å². The molecule has 8 nitrogen and oxygen atoms in total. The number of carbonyl (C=O) groups is 1. The number of nitriles is 1. The van der Waals surface area contributed by atoms with Gasteiger partial charge < -0.3 is 14.2 Å². The Bertz CT molecular complexity index is 2290. The highest BCUT2D eigenvalue weighted by atomic mass is 127. The summed E-state index contributed by atoms with van der Waals surface area (Å²) < 4.78 is 21.2. The van der Waals surface area contributed by atoms with Crippen LogP contribution >= 0.6 is 49.9 Å². The van der Waals surface area contributed by atoms with Crippen LogP contribution in [-0.2, 0) is 16.1 Å². The molecule has 1 aromatic heterocycles. The lowest BCUT2D eigenvalue weighted by molar-refractivity contribution is -0.138. The van der Waals surface area contributed by atoms with Crippen LogP contribution in [0.1, 0.15) is 47.7 Å². The second-order valence-corrected chi connectivity index (χ2v) is 13.9. The van der Waals surface area contributed by atoms with Crippen molar-refractivity contribution in [2.75, 3.05) is 13.2 Å². The maximum Gasteiger partial charge on any atom is 0.338 e. The first kappa shape index (κ1) is 34.4. The lowest BCUT2D eigenvalue weighted by atomic mass is 9.93. The van der Waals surface area contributed by atoms with Gasteiger partial charge >= 0.3 is 5.97 Å². The summed E-state index contributed by atoms with van der Waals surface area (Å²) in [6.45, 7) is 4.50. The minimum Gasteiger partial charge on any atom is -0.494 e. The van der Waals surface area contributed by atoms with Gasteiger partial charge in [-0.1, -0.05) is 87.9 Å². The molecule has 6 rings (SSSR count). The Balaban J connectivity index is 1.55. The van der Waals surface area contributed by atoms with Crippen molar-refractivity contribution in [1.82, 2.24) is 4.57 Å². The minimum absolute atomic E-state index is 0.161. The Hall–Kier alpha value is -4.51. The third-order valence-electron chi connectivity index (χ3n) is 7.71. The molecule has 0 N–H and O–H groups in total. The number of hydrogen-bond acceptors (Lipinski definition) is 8. The maximum atomic E-state index is 14.5. The Labute approximate surface area is 308 Å². The number of halogens is 2. The zero-order chi connectivity index (χ0) is 34.5. The molecule has 0 amide bonds. The Morgan fingerprint density at radius 3 is 2.47 bits per heavy atom. The van der Waals surface area contributed by atoms with Crippen molar-refractivity contribution in [3.8, 4) is 17.6 Å². The van der Waals surface area contributed by atoms with Gasteiger partial charge in [0, 0.05) is 21.2 Å². The van der Waals surface area contributed by atoms with Crippen LogP contribution in [-0.4, -0.2) is 23.8 Å². The summed E-state index contributed by atoms with van der Waals surface area (Å²) in [6.07, 6.45) is 1.79. The highest BCUT2D eigenvalue weighted by Crippen LogP contribution is 2.36. The van der Waals surface area contributed by atoms with Crippen LogP contribution < -0.4 is 24.4 Å². The van der Waals surface area contributed by atoms with Crippen LogP contribution in [0, 0.1) is 14.9 Å². The van der Waals surface area contributed by atoms with Crippen molar-refractivity contribution in [3.63, 3.8) is 0 Å². The molecule has 1 aliphatic rings. The largest absolute Gasteiger partial charge is 0.494 e. The summed E-state index contributed by atoms with van der Waals surface area (Å²) in [5.41, 5.74) is 3.80. The van der Waals surface area contributed by atoms with E-state index in [0.717, 1.165) is 19.2 Å². The van der Waals surface area contributed by atoms with E-state index in [2.05, 4.69) is 44.6 Å². The van der Waals surface area contributed by atoms with E-state index in [0.29, 0.717) is 49.8 Å². The third-order valence-corrected chi connectivity index (χ3v) is 9.96. The average Bonchev–Trinajstić information content (AvgIpc) is 3.42. The predicted octanol–water partition coefficient (Wildman–Crippen LogP) is 7.15. The van der Waals surface area contributed by atoms with E-state index >= 15 is 0 Å². The SMILES string of the molecule is CCOC(=O)C1=C(c2ccccc2)N=c2s/c(=C\c3cc(Br)cc(I)c3OCc3ccccc3C#N)c(=O)n2[C@@H]1c1ccc(OCC)cc1. The highest BCUT2D eigenvalue weighted by molar-refractivity contribution is 14.1. The first-order valence-electron chi connectivity index (χ1n) is 15.4. The molecule has 5 aromatic rings. The molecule has 1 aliphatic heterocycles. The fourth-order valence-corrected chi connectivity index (χ4v) is 8.25. The summed E-state index contributed by atoms with van der Waals surface area (Å²) in [7, 11) is 0. The number of thiazole rings is 1. The Morgan fingerprint density at radius 1 is 1.02 bits per heavy atom. The Kier molecular flexibility index (Phi) is 10.8. The van der Waals surface area contributed by atoms with E-state index in [4.69, 9.17) is 19.2 Å². The lowest BCUT2D eigenvalue weighted by Gasteiger charge is -2.26. The fraction of sp³-hybridized carbons (Fsp3) is 0.158. The molecule has 4 aromatic carbocycles. The van der Waals surface area contributed by atoms with Gasteiger partial charge in [0.1, 0.15) is 18.1 Å². The first-order valence-corrected chi connectivity index (χ1v) is 18.1. The number of benzene rings is 4. The first-order chi connectivity index (χ1) is 23.8. The van der Waals surface area contributed by atoms with Crippen molar-refractivity contribution >= 4 is 67.6 Å². The molecule has 0 fully saturated rings. The van der Waals surface area contributed by atoms with E-state index in [-0.39, 0.29) is 24.3 Å². The van der Waals surface area contributed by atoms with Gasteiger partial charge in [0.25, 0.3) is 5.56 Å². The number of carbonyl (C=O) groups excluding carboxylic acids is 1. The van der Waals surface area contributed by atoms with Gasteiger partial charge in [-0.3, -0.25) is 9.36 Å². The van der Waals surface area contributed by atoms with Gasteiger partial charge in [0.2, 0.25) is 0 Å². The molecule has 2 heterocycles. The molecule has 0 bridgehead atoms. The van der Waals surface area contributed by atoms with Crippen molar-refractivity contribution in [2.24, 2.45) is 4.99 Å². The number of hydrogen-bond donors (Lipinski definition) is 0. The molecule has 0 radical (unpaired) electrons. The lowest BCUT2D eigenvalue weighted by Crippen LogP contribution is -2.40. The number of nitrogens with zero attached hydrogens (tertiary/aromatic N) is 3. The standard InChI is InChI=1S/C38H29BrIN3O5S/c1-3-46-29-16-14-24(15-17-29)34-32(37(45)47-4-2)33(23-10-6-5-7-11-23)42-38-43(34)36(44)31(49-38)19-27-18-28(39)20-30(40)35(27)48-22-26-13-9-8-12-25(26)21-41/h5-20,34H,3-4,22H2,1-2H3/b31-19-/t34-/m1/s1. The highest BCUT2D eigenvalue weighted by Gasteiger charge is 2.35. The third kappa shape index (κ3) is 7.27. The molecule has 0 aliphatic carbocycles. The average molecular weight is 847 g/mol.